The van der Waals surface area contributed by atoms with Crippen LogP contribution in [0.5, 0.6) is 0 Å². The van der Waals surface area contributed by atoms with Crippen molar-refractivity contribution >= 4 is 0 Å². The number of hydrogen-bond donors (Lipinski definition) is 2. The monoisotopic (exact) mass is 311 g/mol. The molecule has 0 spiro atoms. The molecule has 0 amide bonds. The molecule has 0 unspecified atom stereocenters. The Morgan fingerprint density at radius 1 is 1.35 bits per heavy atom. The summed E-state index contributed by atoms with van der Waals surface area (Å²) in [6.45, 7) is 6.96. The second kappa shape index (κ2) is 5.66. The number of aromatic amines is 1. The van der Waals surface area contributed by atoms with Crippen LogP contribution in [0.4, 0.5) is 0 Å². The van der Waals surface area contributed by atoms with Crippen molar-refractivity contribution in [3.05, 3.63) is 41.6 Å². The van der Waals surface area contributed by atoms with E-state index < -0.39 is 0 Å². The number of nitrogens with one attached hydrogen (secondary N) is 2. The number of aromatic nitrogens is 6. The lowest BCUT2D eigenvalue weighted by Crippen LogP contribution is -2.28. The molecule has 120 valence electrons. The molecule has 7 nitrogen and oxygen atoms in total. The van der Waals surface area contributed by atoms with Gasteiger partial charge in [-0.1, -0.05) is 0 Å². The summed E-state index contributed by atoms with van der Waals surface area (Å²) in [4.78, 5) is 4.54. The average molecular weight is 311 g/mol. The molecule has 1 aliphatic rings. The van der Waals surface area contributed by atoms with E-state index in [-0.39, 0.29) is 6.04 Å². The molecule has 0 aliphatic carbocycles. The van der Waals surface area contributed by atoms with E-state index in [2.05, 4.69) is 48.8 Å². The number of imidazole rings is 1. The SMILES string of the molecule is Cc1cc(C[C@@H](C)n2ccnc2-c2cc3n(n2)CCNC3)n[nH]1. The van der Waals surface area contributed by atoms with Crippen LogP contribution in [0.1, 0.15) is 30.0 Å². The number of nitrogens with zero attached hydrogens (tertiary/aromatic N) is 5. The predicted octanol–water partition coefficient (Wildman–Crippen LogP) is 1.69. The Labute approximate surface area is 134 Å². The molecule has 0 saturated heterocycles. The lowest BCUT2D eigenvalue weighted by atomic mass is 10.1. The maximum atomic E-state index is 4.72. The number of H-pyrrole nitrogens is 1. The molecular weight excluding hydrogens is 290 g/mol. The standard InChI is InChI=1S/C16H21N7/c1-11-7-13(20-19-11)8-12(2)22-5-4-18-16(22)15-9-14-10-17-3-6-23(14)21-15/h4-5,7,9,12,17H,3,6,8,10H2,1-2H3,(H,19,20)/t12-/m1/s1. The van der Waals surface area contributed by atoms with E-state index in [9.17, 15) is 0 Å². The number of hydrogen-bond acceptors (Lipinski definition) is 4. The van der Waals surface area contributed by atoms with Crippen LogP contribution < -0.4 is 5.32 Å². The van der Waals surface area contributed by atoms with Gasteiger partial charge < -0.3 is 9.88 Å². The van der Waals surface area contributed by atoms with E-state index in [0.29, 0.717) is 0 Å². The summed E-state index contributed by atoms with van der Waals surface area (Å²) >= 11 is 0. The van der Waals surface area contributed by atoms with E-state index >= 15 is 0 Å². The van der Waals surface area contributed by atoms with Gasteiger partial charge in [0.1, 0.15) is 5.69 Å². The number of fused-ring (bicyclic) bond motifs is 1. The van der Waals surface area contributed by atoms with Crippen molar-refractivity contribution in [2.75, 3.05) is 6.54 Å². The molecule has 4 heterocycles. The maximum absolute atomic E-state index is 4.72. The Kier molecular flexibility index (Phi) is 3.49. The van der Waals surface area contributed by atoms with Crippen molar-refractivity contribution < 1.29 is 0 Å². The number of rotatable bonds is 4. The van der Waals surface area contributed by atoms with E-state index in [1.54, 1.807) is 0 Å². The zero-order valence-electron chi connectivity index (χ0n) is 13.5. The summed E-state index contributed by atoms with van der Waals surface area (Å²) < 4.78 is 4.26. The summed E-state index contributed by atoms with van der Waals surface area (Å²) in [5.41, 5.74) is 4.32. The Balaban J connectivity index is 1.61. The summed E-state index contributed by atoms with van der Waals surface area (Å²) in [5, 5.41) is 15.4. The Hall–Kier alpha value is -2.41. The van der Waals surface area contributed by atoms with Crippen molar-refractivity contribution in [3.63, 3.8) is 0 Å². The topological polar surface area (TPSA) is 76.3 Å². The minimum atomic E-state index is 0.270. The fourth-order valence-corrected chi connectivity index (χ4v) is 3.15. The maximum Gasteiger partial charge on any atom is 0.160 e. The summed E-state index contributed by atoms with van der Waals surface area (Å²) in [5.74, 6) is 0.923. The molecular formula is C16H21N7. The first kappa shape index (κ1) is 14.2. The smallest absolute Gasteiger partial charge is 0.160 e. The van der Waals surface area contributed by atoms with Gasteiger partial charge in [0, 0.05) is 43.6 Å². The fourth-order valence-electron chi connectivity index (χ4n) is 3.15. The molecule has 3 aromatic rings. The largest absolute Gasteiger partial charge is 0.326 e. The second-order valence-corrected chi connectivity index (χ2v) is 6.17. The van der Waals surface area contributed by atoms with E-state index in [1.165, 1.54) is 5.69 Å². The molecule has 1 aliphatic heterocycles. The first-order valence-electron chi connectivity index (χ1n) is 8.02. The highest BCUT2D eigenvalue weighted by atomic mass is 15.3. The lowest BCUT2D eigenvalue weighted by Gasteiger charge is -2.14. The average Bonchev–Trinajstić information content (AvgIpc) is 3.24. The van der Waals surface area contributed by atoms with Crippen molar-refractivity contribution in [3.8, 4) is 11.5 Å². The molecule has 23 heavy (non-hydrogen) atoms. The van der Waals surface area contributed by atoms with Crippen LogP contribution in [0.25, 0.3) is 11.5 Å². The van der Waals surface area contributed by atoms with Crippen molar-refractivity contribution in [2.24, 2.45) is 0 Å². The van der Waals surface area contributed by atoms with Gasteiger partial charge in [0.15, 0.2) is 5.82 Å². The van der Waals surface area contributed by atoms with Crippen LogP contribution in [0, 0.1) is 6.92 Å². The zero-order valence-corrected chi connectivity index (χ0v) is 13.5. The third-order valence-electron chi connectivity index (χ3n) is 4.31. The second-order valence-electron chi connectivity index (χ2n) is 6.17. The van der Waals surface area contributed by atoms with Crippen molar-refractivity contribution in [1.29, 1.82) is 0 Å². The minimum absolute atomic E-state index is 0.270. The first-order chi connectivity index (χ1) is 11.2. The zero-order chi connectivity index (χ0) is 15.8. The quantitative estimate of drug-likeness (QED) is 0.769. The molecule has 0 aromatic carbocycles. The van der Waals surface area contributed by atoms with Gasteiger partial charge >= 0.3 is 0 Å². The van der Waals surface area contributed by atoms with Gasteiger partial charge in [0.05, 0.1) is 17.9 Å². The van der Waals surface area contributed by atoms with E-state index in [0.717, 1.165) is 49.0 Å². The Morgan fingerprint density at radius 3 is 3.04 bits per heavy atom. The molecule has 2 N–H and O–H groups in total. The summed E-state index contributed by atoms with van der Waals surface area (Å²) in [6, 6.07) is 4.50. The van der Waals surface area contributed by atoms with Gasteiger partial charge in [-0.3, -0.25) is 9.78 Å². The molecule has 1 atom stereocenters. The third kappa shape index (κ3) is 2.68. The highest BCUT2D eigenvalue weighted by Crippen LogP contribution is 2.23. The van der Waals surface area contributed by atoms with Crippen molar-refractivity contribution in [2.45, 2.75) is 39.4 Å². The summed E-state index contributed by atoms with van der Waals surface area (Å²) in [7, 11) is 0. The molecule has 0 bridgehead atoms. The normalized spacial score (nSPS) is 15.6. The van der Waals surface area contributed by atoms with Crippen LogP contribution >= 0.6 is 0 Å². The molecule has 7 heteroatoms. The Morgan fingerprint density at radius 2 is 2.26 bits per heavy atom. The van der Waals surface area contributed by atoms with Gasteiger partial charge in [-0.05, 0) is 26.0 Å². The molecule has 4 rings (SSSR count). The molecule has 0 radical (unpaired) electrons. The van der Waals surface area contributed by atoms with Gasteiger partial charge in [-0.2, -0.15) is 10.2 Å². The van der Waals surface area contributed by atoms with E-state index in [4.69, 9.17) is 5.10 Å². The highest BCUT2D eigenvalue weighted by molar-refractivity contribution is 5.50. The molecule has 0 fully saturated rings. The van der Waals surface area contributed by atoms with Crippen LogP contribution in [-0.4, -0.2) is 36.1 Å². The number of aryl methyl sites for hydroxylation is 1. The van der Waals surface area contributed by atoms with Gasteiger partial charge in [0.2, 0.25) is 0 Å². The minimum Gasteiger partial charge on any atom is -0.326 e. The third-order valence-corrected chi connectivity index (χ3v) is 4.31. The van der Waals surface area contributed by atoms with Crippen LogP contribution in [0.3, 0.4) is 0 Å². The van der Waals surface area contributed by atoms with Gasteiger partial charge in [-0.25, -0.2) is 4.98 Å². The summed E-state index contributed by atoms with van der Waals surface area (Å²) in [6.07, 6.45) is 4.73. The van der Waals surface area contributed by atoms with Crippen molar-refractivity contribution in [1.82, 2.24) is 34.8 Å². The fraction of sp³-hybridized carbons (Fsp3) is 0.438. The van der Waals surface area contributed by atoms with Gasteiger partial charge in [0.25, 0.3) is 0 Å². The molecule has 3 aromatic heterocycles. The van der Waals surface area contributed by atoms with Crippen LogP contribution in [0.15, 0.2) is 24.5 Å². The van der Waals surface area contributed by atoms with Gasteiger partial charge in [-0.15, -0.1) is 0 Å². The lowest BCUT2D eigenvalue weighted by molar-refractivity contribution is 0.475. The molecule has 0 saturated carbocycles. The van der Waals surface area contributed by atoms with Crippen LogP contribution in [0.2, 0.25) is 0 Å². The van der Waals surface area contributed by atoms with E-state index in [1.807, 2.05) is 19.3 Å². The van der Waals surface area contributed by atoms with Crippen LogP contribution in [-0.2, 0) is 19.5 Å². The highest BCUT2D eigenvalue weighted by Gasteiger charge is 2.18. The Bertz CT molecular complexity index is 787. The predicted molar refractivity (Wildman–Crippen MR) is 86.9 cm³/mol. The first-order valence-corrected chi connectivity index (χ1v) is 8.02.